The van der Waals surface area contributed by atoms with Crippen LogP contribution in [0.2, 0.25) is 5.02 Å². The van der Waals surface area contributed by atoms with Crippen molar-refractivity contribution in [2.24, 2.45) is 0 Å². The zero-order valence-corrected chi connectivity index (χ0v) is 9.89. The quantitative estimate of drug-likeness (QED) is 0.840. The van der Waals surface area contributed by atoms with Gasteiger partial charge >= 0.3 is 11.9 Å². The number of likely N-dealkylation sites (N-methyl/N-ethyl adjacent to an activating group) is 1. The Hall–Kier alpha value is -1.75. The molecular weight excluding hydrogens is 246 g/mol. The Balaban J connectivity index is 2.91. The van der Waals surface area contributed by atoms with Gasteiger partial charge in [0, 0.05) is 17.8 Å². The first-order valence-electron chi connectivity index (χ1n) is 4.85. The van der Waals surface area contributed by atoms with E-state index in [-0.39, 0.29) is 0 Å². The molecule has 0 aliphatic heterocycles. The molecule has 0 aliphatic carbocycles. The van der Waals surface area contributed by atoms with Crippen molar-refractivity contribution < 1.29 is 19.8 Å². The Morgan fingerprint density at radius 1 is 1.29 bits per heavy atom. The van der Waals surface area contributed by atoms with E-state index in [2.05, 4.69) is 0 Å². The third-order valence-electron chi connectivity index (χ3n) is 2.35. The Bertz CT molecular complexity index is 418. The molecule has 0 aliphatic rings. The van der Waals surface area contributed by atoms with Crippen molar-refractivity contribution in [1.29, 1.82) is 0 Å². The van der Waals surface area contributed by atoms with Crippen LogP contribution in [0.3, 0.4) is 0 Å². The van der Waals surface area contributed by atoms with Crippen LogP contribution in [0.5, 0.6) is 0 Å². The van der Waals surface area contributed by atoms with Crippen LogP contribution in [0.25, 0.3) is 0 Å². The third-order valence-corrected chi connectivity index (χ3v) is 2.61. The maximum Gasteiger partial charge on any atom is 0.326 e. The van der Waals surface area contributed by atoms with Gasteiger partial charge in [0.15, 0.2) is 0 Å². The summed E-state index contributed by atoms with van der Waals surface area (Å²) in [7, 11) is 1.53. The van der Waals surface area contributed by atoms with Crippen LogP contribution in [0, 0.1) is 0 Å². The predicted octanol–water partition coefficient (Wildman–Crippen LogP) is 1.70. The lowest BCUT2D eigenvalue weighted by atomic mass is 10.1. The van der Waals surface area contributed by atoms with Crippen molar-refractivity contribution >= 4 is 29.2 Å². The molecule has 1 unspecified atom stereocenters. The van der Waals surface area contributed by atoms with E-state index in [4.69, 9.17) is 21.8 Å². The minimum absolute atomic E-state index is 0.464. The molecule has 17 heavy (non-hydrogen) atoms. The van der Waals surface area contributed by atoms with E-state index in [9.17, 15) is 9.59 Å². The first kappa shape index (κ1) is 13.3. The molecule has 1 atom stereocenters. The largest absolute Gasteiger partial charge is 0.481 e. The lowest BCUT2D eigenvalue weighted by Crippen LogP contribution is -2.40. The predicted molar refractivity (Wildman–Crippen MR) is 63.5 cm³/mol. The number of nitrogens with zero attached hydrogens (tertiary/aromatic N) is 1. The van der Waals surface area contributed by atoms with Crippen molar-refractivity contribution in [1.82, 2.24) is 0 Å². The highest BCUT2D eigenvalue weighted by molar-refractivity contribution is 6.30. The summed E-state index contributed by atoms with van der Waals surface area (Å²) in [6, 6.07) is 5.41. The summed E-state index contributed by atoms with van der Waals surface area (Å²) < 4.78 is 0. The summed E-state index contributed by atoms with van der Waals surface area (Å²) in [5, 5.41) is 18.2. The molecule has 92 valence electrons. The first-order valence-corrected chi connectivity index (χ1v) is 5.22. The Labute approximate surface area is 103 Å². The molecule has 1 aromatic rings. The number of halogens is 1. The molecular formula is C11H12ClNO4. The van der Waals surface area contributed by atoms with Gasteiger partial charge in [-0.2, -0.15) is 0 Å². The number of hydrogen-bond donors (Lipinski definition) is 2. The van der Waals surface area contributed by atoms with Gasteiger partial charge in [-0.15, -0.1) is 0 Å². The maximum absolute atomic E-state index is 11.0. The zero-order valence-electron chi connectivity index (χ0n) is 9.13. The smallest absolute Gasteiger partial charge is 0.326 e. The Morgan fingerprint density at radius 2 is 1.82 bits per heavy atom. The molecule has 0 aromatic heterocycles. The number of hydrogen-bond acceptors (Lipinski definition) is 3. The van der Waals surface area contributed by atoms with Crippen molar-refractivity contribution in [3.05, 3.63) is 29.3 Å². The molecule has 0 saturated heterocycles. The number of rotatable bonds is 5. The zero-order chi connectivity index (χ0) is 13.0. The number of aliphatic carboxylic acids is 2. The molecule has 6 heteroatoms. The molecule has 0 radical (unpaired) electrons. The number of carbonyl (C=O) groups is 2. The molecule has 2 N–H and O–H groups in total. The van der Waals surface area contributed by atoms with E-state index < -0.39 is 24.4 Å². The fourth-order valence-corrected chi connectivity index (χ4v) is 1.54. The normalized spacial score (nSPS) is 11.9. The van der Waals surface area contributed by atoms with E-state index in [0.717, 1.165) is 0 Å². The molecule has 1 rings (SSSR count). The SMILES string of the molecule is CN(c1ccc(Cl)cc1)C(CC(=O)O)C(=O)O. The van der Waals surface area contributed by atoms with Crippen LogP contribution in [0.15, 0.2) is 24.3 Å². The highest BCUT2D eigenvalue weighted by Gasteiger charge is 2.25. The van der Waals surface area contributed by atoms with E-state index in [1.807, 2.05) is 0 Å². The van der Waals surface area contributed by atoms with Crippen molar-refractivity contribution in [3.8, 4) is 0 Å². The highest BCUT2D eigenvalue weighted by atomic mass is 35.5. The fraction of sp³-hybridized carbons (Fsp3) is 0.273. The highest BCUT2D eigenvalue weighted by Crippen LogP contribution is 2.19. The van der Waals surface area contributed by atoms with Gasteiger partial charge in [-0.3, -0.25) is 4.79 Å². The van der Waals surface area contributed by atoms with Crippen LogP contribution < -0.4 is 4.90 Å². The summed E-state index contributed by atoms with van der Waals surface area (Å²) in [5.74, 6) is -2.33. The number of carboxylic acids is 2. The number of anilines is 1. The second kappa shape index (κ2) is 5.54. The first-order chi connectivity index (χ1) is 7.91. The van der Waals surface area contributed by atoms with Gasteiger partial charge in [0.2, 0.25) is 0 Å². The second-order valence-corrected chi connectivity index (χ2v) is 3.98. The molecule has 0 amide bonds. The number of benzene rings is 1. The van der Waals surface area contributed by atoms with Gasteiger partial charge in [0.1, 0.15) is 6.04 Å². The van der Waals surface area contributed by atoms with Crippen molar-refractivity contribution in [2.75, 3.05) is 11.9 Å². The average molecular weight is 258 g/mol. The topological polar surface area (TPSA) is 77.8 Å². The van der Waals surface area contributed by atoms with Gasteiger partial charge in [-0.25, -0.2) is 4.79 Å². The van der Waals surface area contributed by atoms with E-state index >= 15 is 0 Å². The Morgan fingerprint density at radius 3 is 2.24 bits per heavy atom. The molecule has 0 bridgehead atoms. The molecule has 1 aromatic carbocycles. The van der Waals surface area contributed by atoms with Crippen LogP contribution in [0.4, 0.5) is 5.69 Å². The lowest BCUT2D eigenvalue weighted by molar-refractivity contribution is -0.145. The van der Waals surface area contributed by atoms with Gasteiger partial charge in [-0.05, 0) is 24.3 Å². The van der Waals surface area contributed by atoms with Gasteiger partial charge < -0.3 is 15.1 Å². The van der Waals surface area contributed by atoms with Crippen LogP contribution in [-0.4, -0.2) is 35.2 Å². The minimum atomic E-state index is -1.18. The summed E-state index contributed by atoms with van der Waals surface area (Å²) in [6.45, 7) is 0. The Kier molecular flexibility index (Phi) is 4.34. The molecule has 0 spiro atoms. The second-order valence-electron chi connectivity index (χ2n) is 3.54. The monoisotopic (exact) mass is 257 g/mol. The standard InChI is InChI=1S/C11H12ClNO4/c1-13(8-4-2-7(12)3-5-8)9(11(16)17)6-10(14)15/h2-5,9H,6H2,1H3,(H,14,15)(H,16,17). The third kappa shape index (κ3) is 3.64. The van der Waals surface area contributed by atoms with Crippen LogP contribution in [0.1, 0.15) is 6.42 Å². The fourth-order valence-electron chi connectivity index (χ4n) is 1.41. The molecule has 0 heterocycles. The summed E-state index contributed by atoms with van der Waals surface area (Å²) >= 11 is 5.71. The van der Waals surface area contributed by atoms with Gasteiger partial charge in [0.05, 0.1) is 6.42 Å². The lowest BCUT2D eigenvalue weighted by Gasteiger charge is -2.25. The molecule has 0 fully saturated rings. The van der Waals surface area contributed by atoms with Crippen LogP contribution in [-0.2, 0) is 9.59 Å². The minimum Gasteiger partial charge on any atom is -0.481 e. The summed E-state index contributed by atoms with van der Waals surface area (Å²) in [4.78, 5) is 23.0. The average Bonchev–Trinajstić information content (AvgIpc) is 2.25. The van der Waals surface area contributed by atoms with E-state index in [0.29, 0.717) is 10.7 Å². The van der Waals surface area contributed by atoms with E-state index in [1.54, 1.807) is 24.3 Å². The maximum atomic E-state index is 11.0. The van der Waals surface area contributed by atoms with Gasteiger partial charge in [0.25, 0.3) is 0 Å². The molecule has 0 saturated carbocycles. The van der Waals surface area contributed by atoms with Gasteiger partial charge in [-0.1, -0.05) is 11.6 Å². The van der Waals surface area contributed by atoms with Crippen LogP contribution >= 0.6 is 11.6 Å². The van der Waals surface area contributed by atoms with Crippen molar-refractivity contribution in [3.63, 3.8) is 0 Å². The number of carboxylic acid groups (broad SMARTS) is 2. The molecule has 5 nitrogen and oxygen atoms in total. The van der Waals surface area contributed by atoms with E-state index in [1.165, 1.54) is 11.9 Å². The van der Waals surface area contributed by atoms with Crippen molar-refractivity contribution in [2.45, 2.75) is 12.5 Å². The summed E-state index contributed by atoms with van der Waals surface area (Å²) in [5.41, 5.74) is 0.600. The summed E-state index contributed by atoms with van der Waals surface area (Å²) in [6.07, 6.45) is -0.464.